The molecule has 1 heterocycles. The lowest BCUT2D eigenvalue weighted by Crippen LogP contribution is -2.32. The summed E-state index contributed by atoms with van der Waals surface area (Å²) in [6.45, 7) is 3.20. The van der Waals surface area contributed by atoms with E-state index in [2.05, 4.69) is 29.2 Å². The van der Waals surface area contributed by atoms with Crippen molar-refractivity contribution in [2.45, 2.75) is 31.3 Å². The molecule has 1 unspecified atom stereocenters. The van der Waals surface area contributed by atoms with Crippen LogP contribution in [0.25, 0.3) is 0 Å². The second kappa shape index (κ2) is 7.52. The summed E-state index contributed by atoms with van der Waals surface area (Å²) in [5.74, 6) is 1.23. The van der Waals surface area contributed by atoms with Gasteiger partial charge >= 0.3 is 0 Å². The second-order valence-electron chi connectivity index (χ2n) is 8.06. The van der Waals surface area contributed by atoms with Gasteiger partial charge in [0, 0.05) is 36.1 Å². The van der Waals surface area contributed by atoms with Crippen molar-refractivity contribution in [2.24, 2.45) is 11.8 Å². The molecule has 2 aliphatic rings. The molecule has 3 atom stereocenters. The molecule has 0 amide bonds. The van der Waals surface area contributed by atoms with E-state index in [9.17, 15) is 5.11 Å². The van der Waals surface area contributed by atoms with Crippen molar-refractivity contribution >= 4 is 23.2 Å². The average molecular weight is 390 g/mol. The first-order valence-corrected chi connectivity index (χ1v) is 10.2. The van der Waals surface area contributed by atoms with Crippen molar-refractivity contribution in [1.29, 1.82) is 0 Å². The summed E-state index contributed by atoms with van der Waals surface area (Å²) < 4.78 is 0. The Kier molecular flexibility index (Phi) is 5.29. The lowest BCUT2D eigenvalue weighted by molar-refractivity contribution is 0.0355. The minimum absolute atomic E-state index is 0.526. The van der Waals surface area contributed by atoms with E-state index in [-0.39, 0.29) is 0 Å². The van der Waals surface area contributed by atoms with Crippen LogP contribution in [0.3, 0.4) is 0 Å². The van der Waals surface area contributed by atoms with Gasteiger partial charge < -0.3 is 10.0 Å². The van der Waals surface area contributed by atoms with E-state index in [0.717, 1.165) is 55.9 Å². The van der Waals surface area contributed by atoms with Crippen molar-refractivity contribution in [3.63, 3.8) is 0 Å². The minimum Gasteiger partial charge on any atom is -0.390 e. The second-order valence-corrected chi connectivity index (χ2v) is 8.90. The van der Waals surface area contributed by atoms with Gasteiger partial charge in [0.1, 0.15) is 0 Å². The fraction of sp³-hybridized carbons (Fsp3) is 0.455. The minimum atomic E-state index is -0.526. The number of hydrogen-bond acceptors (Lipinski definition) is 2. The number of fused-ring (bicyclic) bond motifs is 1. The normalized spacial score (nSPS) is 28.4. The van der Waals surface area contributed by atoms with Crippen molar-refractivity contribution < 1.29 is 5.11 Å². The highest BCUT2D eigenvalue weighted by Crippen LogP contribution is 2.45. The Bertz CT molecular complexity index is 750. The molecule has 2 fully saturated rings. The van der Waals surface area contributed by atoms with Crippen molar-refractivity contribution in [2.75, 3.05) is 19.6 Å². The Morgan fingerprint density at radius 1 is 1.00 bits per heavy atom. The molecule has 2 aromatic carbocycles. The lowest BCUT2D eigenvalue weighted by atomic mass is 9.91. The van der Waals surface area contributed by atoms with Crippen LogP contribution in [0.5, 0.6) is 0 Å². The maximum absolute atomic E-state index is 11.1. The maximum atomic E-state index is 11.1. The number of likely N-dealkylation sites (tertiary alicyclic amines) is 1. The summed E-state index contributed by atoms with van der Waals surface area (Å²) in [5.41, 5.74) is 1.88. The molecule has 1 aliphatic carbocycles. The van der Waals surface area contributed by atoms with Gasteiger partial charge in [-0.1, -0.05) is 59.6 Å². The number of aliphatic hydroxyl groups is 1. The molecule has 0 aromatic heterocycles. The van der Waals surface area contributed by atoms with Crippen LogP contribution in [0, 0.1) is 11.8 Å². The van der Waals surface area contributed by atoms with Crippen LogP contribution in [0.1, 0.15) is 24.0 Å². The fourth-order valence-electron chi connectivity index (χ4n) is 4.86. The molecule has 0 radical (unpaired) electrons. The molecular formula is C22H25Cl2NO. The highest BCUT2D eigenvalue weighted by atomic mass is 35.5. The van der Waals surface area contributed by atoms with E-state index in [4.69, 9.17) is 23.2 Å². The van der Waals surface area contributed by atoms with Crippen molar-refractivity contribution in [3.8, 4) is 0 Å². The summed E-state index contributed by atoms with van der Waals surface area (Å²) in [7, 11) is 0. The maximum Gasteiger partial charge on any atom is 0.0694 e. The van der Waals surface area contributed by atoms with E-state index < -0.39 is 5.60 Å². The lowest BCUT2D eigenvalue weighted by Gasteiger charge is -2.26. The Morgan fingerprint density at radius 2 is 1.69 bits per heavy atom. The number of halogens is 2. The molecule has 1 N–H and O–H groups in total. The zero-order valence-electron chi connectivity index (χ0n) is 14.9. The summed E-state index contributed by atoms with van der Waals surface area (Å²) in [5, 5.41) is 12.5. The van der Waals surface area contributed by atoms with Crippen LogP contribution in [-0.4, -0.2) is 35.2 Å². The van der Waals surface area contributed by atoms with Crippen LogP contribution < -0.4 is 0 Å². The predicted molar refractivity (Wildman–Crippen MR) is 108 cm³/mol. The summed E-state index contributed by atoms with van der Waals surface area (Å²) in [6.07, 6.45) is 3.57. The van der Waals surface area contributed by atoms with Crippen LogP contribution >= 0.6 is 23.2 Å². The summed E-state index contributed by atoms with van der Waals surface area (Å²) in [4.78, 5) is 2.53. The largest absolute Gasteiger partial charge is 0.390 e. The summed E-state index contributed by atoms with van der Waals surface area (Å²) >= 11 is 12.3. The Balaban J connectivity index is 1.30. The quantitative estimate of drug-likeness (QED) is 0.789. The molecule has 2 nitrogen and oxygen atoms in total. The third-order valence-corrected chi connectivity index (χ3v) is 6.61. The molecule has 4 rings (SSSR count). The topological polar surface area (TPSA) is 23.5 Å². The highest BCUT2D eigenvalue weighted by Gasteiger charge is 2.47. The van der Waals surface area contributed by atoms with Crippen LogP contribution in [0.2, 0.25) is 10.0 Å². The van der Waals surface area contributed by atoms with E-state index in [1.165, 1.54) is 5.56 Å². The molecule has 1 saturated carbocycles. The molecule has 0 spiro atoms. The Morgan fingerprint density at radius 3 is 2.35 bits per heavy atom. The third-order valence-electron chi connectivity index (χ3n) is 6.02. The van der Waals surface area contributed by atoms with Gasteiger partial charge in [-0.25, -0.2) is 0 Å². The Hall–Kier alpha value is -1.06. The molecule has 1 aliphatic heterocycles. The van der Waals surface area contributed by atoms with Gasteiger partial charge in [0.15, 0.2) is 0 Å². The molecule has 2 aromatic rings. The van der Waals surface area contributed by atoms with E-state index >= 15 is 0 Å². The van der Waals surface area contributed by atoms with Crippen molar-refractivity contribution in [3.05, 3.63) is 69.7 Å². The molecule has 26 heavy (non-hydrogen) atoms. The first-order chi connectivity index (χ1) is 12.5. The number of benzene rings is 2. The van der Waals surface area contributed by atoms with Crippen LogP contribution in [-0.2, 0) is 12.8 Å². The van der Waals surface area contributed by atoms with Gasteiger partial charge in [-0.3, -0.25) is 0 Å². The van der Waals surface area contributed by atoms with Gasteiger partial charge in [-0.15, -0.1) is 0 Å². The fourth-order valence-corrected chi connectivity index (χ4v) is 5.37. The SMILES string of the molecule is OC1(Cc2ccccc2)C[C@H]2CN(CCc3ccc(Cl)cc3Cl)C[C@H]2C1. The van der Waals surface area contributed by atoms with Gasteiger partial charge in [0.2, 0.25) is 0 Å². The smallest absolute Gasteiger partial charge is 0.0694 e. The van der Waals surface area contributed by atoms with E-state index in [1.54, 1.807) is 0 Å². The molecule has 0 bridgehead atoms. The van der Waals surface area contributed by atoms with Gasteiger partial charge in [-0.05, 0) is 54.4 Å². The monoisotopic (exact) mass is 389 g/mol. The first-order valence-electron chi connectivity index (χ1n) is 9.43. The number of rotatable bonds is 5. The third kappa shape index (κ3) is 4.09. The van der Waals surface area contributed by atoms with Crippen LogP contribution in [0.15, 0.2) is 48.5 Å². The zero-order chi connectivity index (χ0) is 18.1. The van der Waals surface area contributed by atoms with Crippen LogP contribution in [0.4, 0.5) is 0 Å². The average Bonchev–Trinajstić information content (AvgIpc) is 3.09. The number of hydrogen-bond donors (Lipinski definition) is 1. The molecular weight excluding hydrogens is 365 g/mol. The Labute approximate surface area is 165 Å². The predicted octanol–water partition coefficient (Wildman–Crippen LogP) is 4.85. The van der Waals surface area contributed by atoms with Crippen molar-refractivity contribution in [1.82, 2.24) is 4.90 Å². The van der Waals surface area contributed by atoms with Gasteiger partial charge in [-0.2, -0.15) is 0 Å². The summed E-state index contributed by atoms with van der Waals surface area (Å²) in [6, 6.07) is 16.1. The van der Waals surface area contributed by atoms with E-state index in [1.807, 2.05) is 24.3 Å². The first kappa shape index (κ1) is 18.3. The standard InChI is InChI=1S/C22H25Cl2NO/c23-20-7-6-17(21(24)10-20)8-9-25-14-18-12-22(26,13-19(18)15-25)11-16-4-2-1-3-5-16/h1-7,10,18-19,26H,8-9,11-15H2/t18-,19+,22?. The zero-order valence-corrected chi connectivity index (χ0v) is 16.4. The van der Waals surface area contributed by atoms with Gasteiger partial charge in [0.25, 0.3) is 0 Å². The molecule has 138 valence electrons. The highest BCUT2D eigenvalue weighted by molar-refractivity contribution is 6.35. The number of nitrogens with zero attached hydrogens (tertiary/aromatic N) is 1. The molecule has 1 saturated heterocycles. The molecule has 4 heteroatoms. The van der Waals surface area contributed by atoms with Gasteiger partial charge in [0.05, 0.1) is 5.60 Å². The van der Waals surface area contributed by atoms with E-state index in [0.29, 0.717) is 16.9 Å².